The molecular formula is C13H19NO3. The Balaban J connectivity index is 2.58. The van der Waals surface area contributed by atoms with Crippen molar-refractivity contribution in [2.24, 2.45) is 0 Å². The topological polar surface area (TPSA) is 69.6 Å². The zero-order valence-electron chi connectivity index (χ0n) is 10.0. The second-order valence-electron chi connectivity index (χ2n) is 4.27. The van der Waals surface area contributed by atoms with Crippen LogP contribution in [-0.4, -0.2) is 34.9 Å². The third-order valence-corrected chi connectivity index (χ3v) is 2.86. The van der Waals surface area contributed by atoms with Gasteiger partial charge in [0.2, 0.25) is 0 Å². The molecule has 0 fully saturated rings. The fourth-order valence-electron chi connectivity index (χ4n) is 1.64. The molecule has 0 aromatic heterocycles. The minimum Gasteiger partial charge on any atom is -0.480 e. The number of aliphatic carboxylic acids is 1. The van der Waals surface area contributed by atoms with Crippen molar-refractivity contribution in [2.45, 2.75) is 25.3 Å². The monoisotopic (exact) mass is 237 g/mol. The van der Waals surface area contributed by atoms with Gasteiger partial charge in [0.05, 0.1) is 6.61 Å². The maximum atomic E-state index is 11.2. The van der Waals surface area contributed by atoms with Crippen LogP contribution in [0.5, 0.6) is 0 Å². The van der Waals surface area contributed by atoms with Crippen LogP contribution in [0.4, 0.5) is 0 Å². The lowest BCUT2D eigenvalue weighted by Gasteiger charge is -2.26. The van der Waals surface area contributed by atoms with E-state index in [1.165, 1.54) is 0 Å². The van der Waals surface area contributed by atoms with E-state index >= 15 is 0 Å². The molecule has 4 nitrogen and oxygen atoms in total. The number of carboxylic acid groups (broad SMARTS) is 1. The highest BCUT2D eigenvalue weighted by molar-refractivity contribution is 5.78. The zero-order chi connectivity index (χ0) is 12.7. The number of carboxylic acids is 1. The van der Waals surface area contributed by atoms with Crippen LogP contribution >= 0.6 is 0 Å². The predicted octanol–water partition coefficient (Wildman–Crippen LogP) is 1.04. The van der Waals surface area contributed by atoms with E-state index < -0.39 is 11.5 Å². The number of aliphatic hydroxyl groups excluding tert-OH is 1. The molecular weight excluding hydrogens is 218 g/mol. The van der Waals surface area contributed by atoms with Gasteiger partial charge in [-0.15, -0.1) is 0 Å². The van der Waals surface area contributed by atoms with Gasteiger partial charge in [-0.05, 0) is 25.3 Å². The third-order valence-electron chi connectivity index (χ3n) is 2.86. The zero-order valence-corrected chi connectivity index (χ0v) is 10.0. The van der Waals surface area contributed by atoms with Gasteiger partial charge in [0.25, 0.3) is 0 Å². The van der Waals surface area contributed by atoms with E-state index in [0.717, 1.165) is 5.56 Å². The highest BCUT2D eigenvalue weighted by atomic mass is 16.4. The molecule has 0 bridgehead atoms. The van der Waals surface area contributed by atoms with Crippen LogP contribution < -0.4 is 5.32 Å². The van der Waals surface area contributed by atoms with Crippen molar-refractivity contribution in [1.29, 1.82) is 0 Å². The van der Waals surface area contributed by atoms with Gasteiger partial charge in [-0.2, -0.15) is 0 Å². The first kappa shape index (κ1) is 13.7. The predicted molar refractivity (Wildman–Crippen MR) is 65.9 cm³/mol. The quantitative estimate of drug-likeness (QED) is 0.663. The molecule has 1 aromatic rings. The summed E-state index contributed by atoms with van der Waals surface area (Å²) < 4.78 is 0. The van der Waals surface area contributed by atoms with Gasteiger partial charge in [0.1, 0.15) is 5.54 Å². The maximum absolute atomic E-state index is 11.2. The van der Waals surface area contributed by atoms with Crippen LogP contribution in [0.15, 0.2) is 30.3 Å². The number of benzene rings is 1. The van der Waals surface area contributed by atoms with Gasteiger partial charge in [0.15, 0.2) is 0 Å². The summed E-state index contributed by atoms with van der Waals surface area (Å²) in [6, 6.07) is 9.77. The number of nitrogens with one attached hydrogen (secondary N) is 1. The van der Waals surface area contributed by atoms with Gasteiger partial charge >= 0.3 is 5.97 Å². The van der Waals surface area contributed by atoms with Crippen molar-refractivity contribution in [1.82, 2.24) is 5.32 Å². The molecule has 0 spiro atoms. The molecule has 1 unspecified atom stereocenters. The summed E-state index contributed by atoms with van der Waals surface area (Å²) in [4.78, 5) is 11.2. The molecule has 0 heterocycles. The van der Waals surface area contributed by atoms with Crippen LogP contribution in [0.1, 0.15) is 18.9 Å². The first-order chi connectivity index (χ1) is 8.08. The standard InChI is InChI=1S/C13H19NO3/c1-13(12(16)17,14-9-10-15)8-7-11-5-3-2-4-6-11/h2-6,14-15H,7-10H2,1H3,(H,16,17). The largest absolute Gasteiger partial charge is 0.480 e. The number of hydrogen-bond donors (Lipinski definition) is 3. The first-order valence-corrected chi connectivity index (χ1v) is 5.72. The summed E-state index contributed by atoms with van der Waals surface area (Å²) in [6.07, 6.45) is 1.19. The molecule has 0 aliphatic rings. The number of aliphatic hydroxyl groups is 1. The molecule has 0 radical (unpaired) electrons. The van der Waals surface area contributed by atoms with Gasteiger partial charge in [-0.3, -0.25) is 10.1 Å². The molecule has 17 heavy (non-hydrogen) atoms. The Morgan fingerprint density at radius 2 is 2.00 bits per heavy atom. The molecule has 1 atom stereocenters. The molecule has 1 rings (SSSR count). The number of aryl methyl sites for hydroxylation is 1. The van der Waals surface area contributed by atoms with Gasteiger partial charge in [-0.1, -0.05) is 30.3 Å². The lowest BCUT2D eigenvalue weighted by atomic mass is 9.93. The van der Waals surface area contributed by atoms with E-state index in [9.17, 15) is 9.90 Å². The van der Waals surface area contributed by atoms with Gasteiger partial charge in [0, 0.05) is 6.54 Å². The molecule has 0 saturated heterocycles. The van der Waals surface area contributed by atoms with Gasteiger partial charge < -0.3 is 10.2 Å². The fraction of sp³-hybridized carbons (Fsp3) is 0.462. The van der Waals surface area contributed by atoms with Crippen molar-refractivity contribution >= 4 is 5.97 Å². The minimum atomic E-state index is -0.988. The average Bonchev–Trinajstić information content (AvgIpc) is 2.35. The second kappa shape index (κ2) is 6.37. The summed E-state index contributed by atoms with van der Waals surface area (Å²) in [5.74, 6) is -0.887. The van der Waals surface area contributed by atoms with E-state index in [-0.39, 0.29) is 13.2 Å². The van der Waals surface area contributed by atoms with Crippen molar-refractivity contribution in [2.75, 3.05) is 13.2 Å². The summed E-state index contributed by atoms with van der Waals surface area (Å²) in [5, 5.41) is 20.8. The SMILES string of the molecule is CC(CCc1ccccc1)(NCCO)C(=O)O. The smallest absolute Gasteiger partial charge is 0.323 e. The normalized spacial score (nSPS) is 14.2. The lowest BCUT2D eigenvalue weighted by molar-refractivity contribution is -0.144. The number of rotatable bonds is 7. The molecule has 4 heteroatoms. The van der Waals surface area contributed by atoms with E-state index in [2.05, 4.69) is 5.32 Å². The van der Waals surface area contributed by atoms with Crippen molar-refractivity contribution in [3.63, 3.8) is 0 Å². The Kier molecular flexibility index (Phi) is 5.12. The molecule has 0 saturated carbocycles. The molecule has 0 aliphatic carbocycles. The van der Waals surface area contributed by atoms with E-state index in [0.29, 0.717) is 12.8 Å². The van der Waals surface area contributed by atoms with E-state index in [4.69, 9.17) is 5.11 Å². The Morgan fingerprint density at radius 3 is 2.53 bits per heavy atom. The fourth-order valence-corrected chi connectivity index (χ4v) is 1.64. The van der Waals surface area contributed by atoms with Crippen LogP contribution in [0.25, 0.3) is 0 Å². The number of β-amino-alcohol motifs (C(OH)–C–C–N with tert-alkyl or cyclic N) is 1. The highest BCUT2D eigenvalue weighted by Crippen LogP contribution is 2.14. The van der Waals surface area contributed by atoms with Crippen LogP contribution in [0, 0.1) is 0 Å². The van der Waals surface area contributed by atoms with Crippen molar-refractivity contribution in [3.05, 3.63) is 35.9 Å². The maximum Gasteiger partial charge on any atom is 0.323 e. The van der Waals surface area contributed by atoms with Crippen LogP contribution in [0.3, 0.4) is 0 Å². The molecule has 1 aromatic carbocycles. The van der Waals surface area contributed by atoms with E-state index in [1.807, 2.05) is 30.3 Å². The summed E-state index contributed by atoms with van der Waals surface area (Å²) >= 11 is 0. The van der Waals surface area contributed by atoms with Gasteiger partial charge in [-0.25, -0.2) is 0 Å². The Labute approximate surface area is 101 Å². The molecule has 0 aliphatic heterocycles. The minimum absolute atomic E-state index is 0.0613. The first-order valence-electron chi connectivity index (χ1n) is 5.72. The van der Waals surface area contributed by atoms with Crippen molar-refractivity contribution < 1.29 is 15.0 Å². The number of hydrogen-bond acceptors (Lipinski definition) is 3. The molecule has 94 valence electrons. The number of carbonyl (C=O) groups is 1. The lowest BCUT2D eigenvalue weighted by Crippen LogP contribution is -2.50. The average molecular weight is 237 g/mol. The Morgan fingerprint density at radius 1 is 1.35 bits per heavy atom. The summed E-state index contributed by atoms with van der Waals surface area (Å²) in [5.41, 5.74) is 0.129. The highest BCUT2D eigenvalue weighted by Gasteiger charge is 2.31. The molecule has 3 N–H and O–H groups in total. The molecule has 0 amide bonds. The van der Waals surface area contributed by atoms with Crippen LogP contribution in [0.2, 0.25) is 0 Å². The van der Waals surface area contributed by atoms with Crippen LogP contribution in [-0.2, 0) is 11.2 Å². The van der Waals surface area contributed by atoms with Crippen molar-refractivity contribution in [3.8, 4) is 0 Å². The Hall–Kier alpha value is -1.39. The Bertz CT molecular complexity index is 353. The second-order valence-corrected chi connectivity index (χ2v) is 4.27. The van der Waals surface area contributed by atoms with E-state index in [1.54, 1.807) is 6.92 Å². The third kappa shape index (κ3) is 4.17. The summed E-state index contributed by atoms with van der Waals surface area (Å²) in [6.45, 7) is 1.87. The summed E-state index contributed by atoms with van der Waals surface area (Å²) in [7, 11) is 0.